The minimum atomic E-state index is -0.290. The van der Waals surface area contributed by atoms with E-state index < -0.39 is 0 Å². The number of rotatable bonds is 4. The minimum Gasteiger partial charge on any atom is -0.453 e. The van der Waals surface area contributed by atoms with Gasteiger partial charge in [-0.2, -0.15) is 5.16 Å². The number of benzene rings is 1. The SMILES string of the molecule is COC(=O)N1CC[C@H](c2cc(=O)[nH]o2)C[C@H]1CCc1ccccc1. The van der Waals surface area contributed by atoms with E-state index in [1.165, 1.54) is 18.7 Å². The number of carbonyl (C=O) groups excluding carboxylic acids is 1. The Morgan fingerprint density at radius 2 is 2.17 bits per heavy atom. The number of hydrogen-bond acceptors (Lipinski definition) is 4. The van der Waals surface area contributed by atoms with Gasteiger partial charge in [-0.05, 0) is 31.2 Å². The average molecular weight is 330 g/mol. The summed E-state index contributed by atoms with van der Waals surface area (Å²) >= 11 is 0. The summed E-state index contributed by atoms with van der Waals surface area (Å²) in [6.07, 6.45) is 2.98. The smallest absolute Gasteiger partial charge is 0.409 e. The van der Waals surface area contributed by atoms with Crippen molar-refractivity contribution in [3.05, 3.63) is 58.1 Å². The van der Waals surface area contributed by atoms with Crippen molar-refractivity contribution >= 4 is 6.09 Å². The summed E-state index contributed by atoms with van der Waals surface area (Å²) in [4.78, 5) is 25.2. The molecule has 1 N–H and O–H groups in total. The van der Waals surface area contributed by atoms with Crippen LogP contribution >= 0.6 is 0 Å². The number of ether oxygens (including phenoxy) is 1. The predicted octanol–water partition coefficient (Wildman–Crippen LogP) is 2.92. The summed E-state index contributed by atoms with van der Waals surface area (Å²) in [5.41, 5.74) is 1.03. The van der Waals surface area contributed by atoms with Gasteiger partial charge in [0.1, 0.15) is 5.76 Å². The number of carbonyl (C=O) groups is 1. The summed E-state index contributed by atoms with van der Waals surface area (Å²) in [6, 6.07) is 11.8. The standard InChI is InChI=1S/C18H22N2O4/c1-23-18(22)20-10-9-14(16-12-17(21)19-24-16)11-15(20)8-7-13-5-3-2-4-6-13/h2-6,12,14-15H,7-11H2,1H3,(H,19,21)/t14-,15+/m0/s1. The van der Waals surface area contributed by atoms with E-state index in [9.17, 15) is 9.59 Å². The molecule has 1 aliphatic rings. The van der Waals surface area contributed by atoms with Gasteiger partial charge in [-0.15, -0.1) is 0 Å². The van der Waals surface area contributed by atoms with Crippen molar-refractivity contribution in [2.75, 3.05) is 13.7 Å². The average Bonchev–Trinajstić information content (AvgIpc) is 3.06. The predicted molar refractivity (Wildman–Crippen MR) is 89.0 cm³/mol. The van der Waals surface area contributed by atoms with Crippen LogP contribution in [0.3, 0.4) is 0 Å². The summed E-state index contributed by atoms with van der Waals surface area (Å²) in [5.74, 6) is 0.819. The first-order valence-electron chi connectivity index (χ1n) is 8.24. The molecule has 2 atom stereocenters. The number of aryl methyl sites for hydroxylation is 1. The number of likely N-dealkylation sites (tertiary alicyclic amines) is 1. The van der Waals surface area contributed by atoms with E-state index in [-0.39, 0.29) is 23.6 Å². The van der Waals surface area contributed by atoms with E-state index in [2.05, 4.69) is 17.3 Å². The normalized spacial score (nSPS) is 20.8. The molecule has 0 bridgehead atoms. The molecule has 1 saturated heterocycles. The Balaban J connectivity index is 1.71. The zero-order valence-electron chi connectivity index (χ0n) is 13.7. The lowest BCUT2D eigenvalue weighted by Crippen LogP contribution is -2.45. The second-order valence-corrected chi connectivity index (χ2v) is 6.18. The van der Waals surface area contributed by atoms with Crippen molar-refractivity contribution in [1.82, 2.24) is 10.1 Å². The first-order chi connectivity index (χ1) is 11.7. The zero-order valence-corrected chi connectivity index (χ0v) is 13.7. The lowest BCUT2D eigenvalue weighted by Gasteiger charge is -2.38. The highest BCUT2D eigenvalue weighted by atomic mass is 16.5. The maximum Gasteiger partial charge on any atom is 0.409 e. The number of hydrogen-bond donors (Lipinski definition) is 1. The van der Waals surface area contributed by atoms with Crippen LogP contribution in [-0.2, 0) is 11.2 Å². The van der Waals surface area contributed by atoms with E-state index in [0.717, 1.165) is 25.7 Å². The third-order valence-electron chi connectivity index (χ3n) is 4.68. The number of aromatic amines is 1. The van der Waals surface area contributed by atoms with E-state index in [0.29, 0.717) is 12.3 Å². The highest BCUT2D eigenvalue weighted by molar-refractivity contribution is 5.68. The molecule has 0 radical (unpaired) electrons. The maximum atomic E-state index is 12.1. The van der Waals surface area contributed by atoms with Crippen molar-refractivity contribution in [2.24, 2.45) is 0 Å². The fraction of sp³-hybridized carbons (Fsp3) is 0.444. The van der Waals surface area contributed by atoms with Gasteiger partial charge in [-0.25, -0.2) is 4.79 Å². The van der Waals surface area contributed by atoms with Crippen LogP contribution in [0.15, 0.2) is 45.7 Å². The molecule has 2 aromatic rings. The number of nitrogens with one attached hydrogen (secondary N) is 1. The molecule has 1 fully saturated rings. The molecule has 1 aromatic carbocycles. The van der Waals surface area contributed by atoms with Crippen LogP contribution in [0, 0.1) is 0 Å². The summed E-state index contributed by atoms with van der Waals surface area (Å²) in [6.45, 7) is 0.603. The second kappa shape index (κ2) is 7.38. The summed E-state index contributed by atoms with van der Waals surface area (Å²) < 4.78 is 10.2. The molecular weight excluding hydrogens is 308 g/mol. The Morgan fingerprint density at radius 1 is 1.38 bits per heavy atom. The molecule has 3 rings (SSSR count). The number of nitrogens with zero attached hydrogens (tertiary/aromatic N) is 1. The van der Waals surface area contributed by atoms with Crippen molar-refractivity contribution in [1.29, 1.82) is 0 Å². The van der Waals surface area contributed by atoms with Gasteiger partial charge in [0.25, 0.3) is 5.56 Å². The van der Waals surface area contributed by atoms with Crippen molar-refractivity contribution in [3.63, 3.8) is 0 Å². The van der Waals surface area contributed by atoms with E-state index >= 15 is 0 Å². The molecule has 0 unspecified atom stereocenters. The number of amides is 1. The molecule has 6 nitrogen and oxygen atoms in total. The lowest BCUT2D eigenvalue weighted by molar-refractivity contribution is 0.0789. The van der Waals surface area contributed by atoms with Gasteiger partial charge in [-0.3, -0.25) is 4.79 Å². The van der Waals surface area contributed by atoms with Crippen LogP contribution in [0.5, 0.6) is 0 Å². The Bertz CT molecular complexity index is 722. The molecule has 0 spiro atoms. The summed E-state index contributed by atoms with van der Waals surface area (Å²) in [7, 11) is 1.41. The molecule has 2 heterocycles. The fourth-order valence-electron chi connectivity index (χ4n) is 3.42. The largest absolute Gasteiger partial charge is 0.453 e. The van der Waals surface area contributed by atoms with Crippen LogP contribution in [0.25, 0.3) is 0 Å². The second-order valence-electron chi connectivity index (χ2n) is 6.18. The summed E-state index contributed by atoms with van der Waals surface area (Å²) in [5, 5.41) is 2.35. The molecule has 1 aromatic heterocycles. The Labute approximate surface area is 140 Å². The van der Waals surface area contributed by atoms with E-state index in [4.69, 9.17) is 9.26 Å². The van der Waals surface area contributed by atoms with Gasteiger partial charge < -0.3 is 14.2 Å². The lowest BCUT2D eigenvalue weighted by atomic mass is 9.86. The van der Waals surface area contributed by atoms with Crippen LogP contribution < -0.4 is 5.56 Å². The van der Waals surface area contributed by atoms with Crippen molar-refractivity contribution in [2.45, 2.75) is 37.6 Å². The van der Waals surface area contributed by atoms with Gasteiger partial charge in [-0.1, -0.05) is 30.3 Å². The minimum absolute atomic E-state index is 0.0663. The molecule has 1 aliphatic heterocycles. The fourth-order valence-corrected chi connectivity index (χ4v) is 3.42. The molecule has 128 valence electrons. The van der Waals surface area contributed by atoms with Crippen molar-refractivity contribution < 1.29 is 14.1 Å². The monoisotopic (exact) mass is 330 g/mol. The van der Waals surface area contributed by atoms with Crippen LogP contribution in [-0.4, -0.2) is 35.8 Å². The topological polar surface area (TPSA) is 75.5 Å². The Kier molecular flexibility index (Phi) is 5.03. The molecule has 1 amide bonds. The van der Waals surface area contributed by atoms with Gasteiger partial charge in [0, 0.05) is 24.6 Å². The van der Waals surface area contributed by atoms with Gasteiger partial charge in [0.2, 0.25) is 0 Å². The first kappa shape index (κ1) is 16.4. The first-order valence-corrected chi connectivity index (χ1v) is 8.24. The maximum absolute atomic E-state index is 12.1. The number of H-pyrrole nitrogens is 1. The van der Waals surface area contributed by atoms with Gasteiger partial charge in [0.15, 0.2) is 0 Å². The Hall–Kier alpha value is -2.50. The zero-order chi connectivity index (χ0) is 16.9. The third kappa shape index (κ3) is 3.69. The number of aromatic nitrogens is 1. The van der Waals surface area contributed by atoms with E-state index in [1.807, 2.05) is 18.2 Å². The van der Waals surface area contributed by atoms with Crippen LogP contribution in [0.2, 0.25) is 0 Å². The van der Waals surface area contributed by atoms with Crippen LogP contribution in [0.1, 0.15) is 36.5 Å². The molecule has 6 heteroatoms. The molecule has 0 saturated carbocycles. The highest BCUT2D eigenvalue weighted by Crippen LogP contribution is 2.33. The van der Waals surface area contributed by atoms with E-state index in [1.54, 1.807) is 4.90 Å². The number of methoxy groups -OCH3 is 1. The van der Waals surface area contributed by atoms with Crippen molar-refractivity contribution in [3.8, 4) is 0 Å². The third-order valence-corrected chi connectivity index (χ3v) is 4.68. The van der Waals surface area contributed by atoms with Gasteiger partial charge >= 0.3 is 6.09 Å². The van der Waals surface area contributed by atoms with Gasteiger partial charge in [0.05, 0.1) is 7.11 Å². The van der Waals surface area contributed by atoms with Crippen LogP contribution in [0.4, 0.5) is 4.79 Å². The molecule has 24 heavy (non-hydrogen) atoms. The Morgan fingerprint density at radius 3 is 2.83 bits per heavy atom. The quantitative estimate of drug-likeness (QED) is 0.935. The molecular formula is C18H22N2O4. The molecule has 0 aliphatic carbocycles. The number of piperidine rings is 1. The highest BCUT2D eigenvalue weighted by Gasteiger charge is 2.34.